The van der Waals surface area contributed by atoms with Crippen LogP contribution >= 0.6 is 11.3 Å². The predicted molar refractivity (Wildman–Crippen MR) is 56.2 cm³/mol. The lowest BCUT2D eigenvalue weighted by molar-refractivity contribution is 0.0962. The molecule has 0 saturated carbocycles. The van der Waals surface area contributed by atoms with Crippen LogP contribution < -0.4 is 5.73 Å². The highest BCUT2D eigenvalue weighted by atomic mass is 32.1. The predicted octanol–water partition coefficient (Wildman–Crippen LogP) is 2.14. The summed E-state index contributed by atoms with van der Waals surface area (Å²) >= 11 is 1.57. The lowest BCUT2D eigenvalue weighted by Gasteiger charge is -2.06. The summed E-state index contributed by atoms with van der Waals surface area (Å²) in [7, 11) is 0. The van der Waals surface area contributed by atoms with Crippen molar-refractivity contribution in [1.29, 1.82) is 0 Å². The van der Waals surface area contributed by atoms with E-state index in [0.29, 0.717) is 6.42 Å². The van der Waals surface area contributed by atoms with Gasteiger partial charge >= 0.3 is 0 Å². The number of nitrogens with two attached hydrogens (primary N) is 1. The third-order valence-electron chi connectivity index (χ3n) is 1.88. The fourth-order valence-corrected chi connectivity index (χ4v) is 1.83. The van der Waals surface area contributed by atoms with Gasteiger partial charge in [0.2, 0.25) is 0 Å². The van der Waals surface area contributed by atoms with E-state index in [1.807, 2.05) is 18.4 Å². The Bertz CT molecular complexity index is 316. The van der Waals surface area contributed by atoms with Crippen molar-refractivity contribution < 1.29 is 4.79 Å². The summed E-state index contributed by atoms with van der Waals surface area (Å²) in [5.74, 6) is 0.0126. The smallest absolute Gasteiger partial charge is 0.180 e. The molecule has 2 N–H and O–H groups in total. The van der Waals surface area contributed by atoms with Crippen molar-refractivity contribution in [2.24, 2.45) is 5.73 Å². The molecule has 0 bridgehead atoms. The van der Waals surface area contributed by atoms with Crippen molar-refractivity contribution >= 4 is 17.1 Å². The van der Waals surface area contributed by atoms with Crippen LogP contribution in [-0.2, 0) is 0 Å². The second kappa shape index (κ2) is 4.35. The maximum absolute atomic E-state index is 11.7. The maximum Gasteiger partial charge on any atom is 0.180 e. The fourth-order valence-electron chi connectivity index (χ4n) is 1.13. The van der Waals surface area contributed by atoms with Gasteiger partial charge < -0.3 is 5.73 Å². The van der Waals surface area contributed by atoms with Crippen molar-refractivity contribution in [3.05, 3.63) is 34.5 Å². The lowest BCUT2D eigenvalue weighted by atomic mass is 10.0. The minimum absolute atomic E-state index is 0.0126. The molecular weight excluding hydrogens is 182 g/mol. The Morgan fingerprint density at radius 2 is 2.54 bits per heavy atom. The van der Waals surface area contributed by atoms with Crippen LogP contribution in [-0.4, -0.2) is 11.8 Å². The molecule has 0 radical (unpaired) electrons. The van der Waals surface area contributed by atoms with Crippen LogP contribution in [0.3, 0.4) is 0 Å². The summed E-state index contributed by atoms with van der Waals surface area (Å²) in [5, 5.41) is 1.91. The first-order chi connectivity index (χ1) is 6.16. The number of hydrogen-bond donors (Lipinski definition) is 1. The summed E-state index contributed by atoms with van der Waals surface area (Å²) in [5.41, 5.74) is 6.42. The number of hydrogen-bond acceptors (Lipinski definition) is 3. The monoisotopic (exact) mass is 195 g/mol. The summed E-state index contributed by atoms with van der Waals surface area (Å²) in [6.07, 6.45) is 2.21. The van der Waals surface area contributed by atoms with Crippen molar-refractivity contribution in [2.45, 2.75) is 19.4 Å². The molecule has 1 atom stereocenters. The van der Waals surface area contributed by atoms with E-state index in [4.69, 9.17) is 5.73 Å². The van der Waals surface area contributed by atoms with Gasteiger partial charge in [-0.1, -0.05) is 6.08 Å². The number of Topliss-reactive ketones (excluding diaryl/α,β-unsaturated/α-hetero) is 1. The van der Waals surface area contributed by atoms with Crippen LogP contribution in [0.1, 0.15) is 21.7 Å². The van der Waals surface area contributed by atoms with E-state index in [-0.39, 0.29) is 5.78 Å². The Labute approximate surface area is 82.1 Å². The number of thiophene rings is 1. The lowest BCUT2D eigenvalue weighted by Crippen LogP contribution is -2.29. The third kappa shape index (κ3) is 2.26. The molecule has 0 fully saturated rings. The Kier molecular flexibility index (Phi) is 3.39. The van der Waals surface area contributed by atoms with Crippen LogP contribution in [0.2, 0.25) is 0 Å². The molecule has 0 spiro atoms. The van der Waals surface area contributed by atoms with Gasteiger partial charge in [-0.25, -0.2) is 0 Å². The zero-order valence-electron chi connectivity index (χ0n) is 7.62. The number of rotatable bonds is 4. The average Bonchev–Trinajstić information content (AvgIpc) is 2.50. The van der Waals surface area contributed by atoms with E-state index in [1.165, 1.54) is 0 Å². The molecule has 1 rings (SSSR count). The molecule has 0 aliphatic carbocycles. The SMILES string of the molecule is C=CCC(N)C(=O)c1ccsc1C. The second-order valence-electron chi connectivity index (χ2n) is 2.89. The van der Waals surface area contributed by atoms with Gasteiger partial charge in [-0.05, 0) is 24.8 Å². The largest absolute Gasteiger partial charge is 0.321 e. The molecule has 0 saturated heterocycles. The summed E-state index contributed by atoms with van der Waals surface area (Å²) in [6, 6.07) is 1.39. The Morgan fingerprint density at radius 3 is 3.00 bits per heavy atom. The van der Waals surface area contributed by atoms with Crippen LogP contribution in [0.4, 0.5) is 0 Å². The van der Waals surface area contributed by atoms with E-state index >= 15 is 0 Å². The molecule has 0 aliphatic heterocycles. The Balaban J connectivity index is 2.79. The summed E-state index contributed by atoms with van der Waals surface area (Å²) in [6.45, 7) is 5.49. The quantitative estimate of drug-likeness (QED) is 0.591. The number of carbonyl (C=O) groups is 1. The van der Waals surface area contributed by atoms with Gasteiger partial charge in [0.1, 0.15) is 0 Å². The molecular formula is C10H13NOS. The molecule has 1 aromatic rings. The average molecular weight is 195 g/mol. The molecule has 0 aromatic carbocycles. The van der Waals surface area contributed by atoms with Crippen LogP contribution in [0, 0.1) is 6.92 Å². The van der Waals surface area contributed by atoms with Gasteiger partial charge in [0.15, 0.2) is 5.78 Å². The standard InChI is InChI=1S/C10H13NOS/c1-3-4-9(11)10(12)8-5-6-13-7(8)2/h3,5-6,9H,1,4,11H2,2H3. The summed E-state index contributed by atoms with van der Waals surface area (Å²) in [4.78, 5) is 12.7. The minimum Gasteiger partial charge on any atom is -0.321 e. The fraction of sp³-hybridized carbons (Fsp3) is 0.300. The van der Waals surface area contributed by atoms with Crippen LogP contribution in [0.15, 0.2) is 24.1 Å². The highest BCUT2D eigenvalue weighted by molar-refractivity contribution is 7.10. The van der Waals surface area contributed by atoms with E-state index in [2.05, 4.69) is 6.58 Å². The second-order valence-corrected chi connectivity index (χ2v) is 4.01. The molecule has 1 aromatic heterocycles. The molecule has 1 heterocycles. The third-order valence-corrected chi connectivity index (χ3v) is 2.73. The molecule has 3 heteroatoms. The highest BCUT2D eigenvalue weighted by Gasteiger charge is 2.16. The van der Waals surface area contributed by atoms with Crippen molar-refractivity contribution in [1.82, 2.24) is 0 Å². The van der Waals surface area contributed by atoms with Crippen molar-refractivity contribution in [2.75, 3.05) is 0 Å². The zero-order valence-corrected chi connectivity index (χ0v) is 8.43. The molecule has 1 unspecified atom stereocenters. The molecule has 2 nitrogen and oxygen atoms in total. The molecule has 70 valence electrons. The Morgan fingerprint density at radius 1 is 1.85 bits per heavy atom. The Hall–Kier alpha value is -0.930. The van der Waals surface area contributed by atoms with Gasteiger partial charge in [0.25, 0.3) is 0 Å². The molecule has 0 amide bonds. The van der Waals surface area contributed by atoms with Crippen molar-refractivity contribution in [3.63, 3.8) is 0 Å². The van der Waals surface area contributed by atoms with Crippen LogP contribution in [0.5, 0.6) is 0 Å². The number of carbonyl (C=O) groups excluding carboxylic acids is 1. The minimum atomic E-state index is -0.439. The molecule has 13 heavy (non-hydrogen) atoms. The normalized spacial score (nSPS) is 12.5. The first kappa shape index (κ1) is 10.2. The van der Waals surface area contributed by atoms with E-state index < -0.39 is 6.04 Å². The van der Waals surface area contributed by atoms with Gasteiger partial charge in [-0.2, -0.15) is 0 Å². The summed E-state index contributed by atoms with van der Waals surface area (Å²) < 4.78 is 0. The van der Waals surface area contributed by atoms with Crippen molar-refractivity contribution in [3.8, 4) is 0 Å². The first-order valence-corrected chi connectivity index (χ1v) is 4.99. The highest BCUT2D eigenvalue weighted by Crippen LogP contribution is 2.17. The van der Waals surface area contributed by atoms with Gasteiger partial charge in [-0.15, -0.1) is 17.9 Å². The van der Waals surface area contributed by atoms with Gasteiger partial charge in [0.05, 0.1) is 6.04 Å². The number of aryl methyl sites for hydroxylation is 1. The van der Waals surface area contributed by atoms with Gasteiger partial charge in [-0.3, -0.25) is 4.79 Å². The van der Waals surface area contributed by atoms with E-state index in [9.17, 15) is 4.79 Å². The molecule has 0 aliphatic rings. The zero-order chi connectivity index (χ0) is 9.84. The van der Waals surface area contributed by atoms with Crippen LogP contribution in [0.25, 0.3) is 0 Å². The number of ketones is 1. The van der Waals surface area contributed by atoms with E-state index in [0.717, 1.165) is 10.4 Å². The maximum atomic E-state index is 11.7. The van der Waals surface area contributed by atoms with Gasteiger partial charge in [0, 0.05) is 10.4 Å². The topological polar surface area (TPSA) is 43.1 Å². The first-order valence-electron chi connectivity index (χ1n) is 4.11. The van der Waals surface area contributed by atoms with E-state index in [1.54, 1.807) is 17.4 Å².